The van der Waals surface area contributed by atoms with Crippen LogP contribution >= 0.6 is 0 Å². The number of non-ortho nitro benzene ring substituents is 1. The van der Waals surface area contributed by atoms with Crippen LogP contribution in [0.4, 0.5) is 11.4 Å². The average Bonchev–Trinajstić information content (AvgIpc) is 2.45. The zero-order chi connectivity index (χ0) is 15.1. The van der Waals surface area contributed by atoms with Crippen molar-refractivity contribution in [2.75, 3.05) is 5.43 Å². The third-order valence-corrected chi connectivity index (χ3v) is 3.08. The van der Waals surface area contributed by atoms with Crippen LogP contribution in [-0.2, 0) is 0 Å². The molecule has 4 N–H and O–H groups in total. The summed E-state index contributed by atoms with van der Waals surface area (Å²) < 4.78 is 0. The first-order valence-corrected chi connectivity index (χ1v) is 6.59. The lowest BCUT2D eigenvalue weighted by Crippen LogP contribution is -2.34. The van der Waals surface area contributed by atoms with Crippen molar-refractivity contribution in [1.29, 1.82) is 0 Å². The molecule has 20 heavy (non-hydrogen) atoms. The molecule has 0 aliphatic rings. The van der Waals surface area contributed by atoms with Crippen molar-refractivity contribution in [3.8, 4) is 0 Å². The molecule has 110 valence electrons. The average molecular weight is 280 g/mol. The van der Waals surface area contributed by atoms with Crippen molar-refractivity contribution in [3.05, 3.63) is 33.9 Å². The topological polar surface area (TPSA) is 110 Å². The van der Waals surface area contributed by atoms with Gasteiger partial charge in [-0.1, -0.05) is 20.3 Å². The molecule has 1 atom stereocenters. The summed E-state index contributed by atoms with van der Waals surface area (Å²) in [6, 6.07) is 4.00. The first-order valence-electron chi connectivity index (χ1n) is 6.59. The number of nitrogens with two attached hydrogens (primary N) is 1. The third-order valence-electron chi connectivity index (χ3n) is 3.08. The summed E-state index contributed by atoms with van der Waals surface area (Å²) in [4.78, 5) is 22.5. The number of amides is 1. The Morgan fingerprint density at radius 1 is 1.45 bits per heavy atom. The standard InChI is InChI=1S/C13H20N4O3/c1-3-5-9(4-2)15-13(18)11-8-10(17(19)20)6-7-12(11)16-14/h6-9,16H,3-5,14H2,1-2H3,(H,15,18). The molecule has 0 aliphatic carbocycles. The fourth-order valence-corrected chi connectivity index (χ4v) is 1.95. The van der Waals surface area contributed by atoms with Gasteiger partial charge in [-0.2, -0.15) is 0 Å². The van der Waals surface area contributed by atoms with E-state index in [0.717, 1.165) is 19.3 Å². The number of benzene rings is 1. The maximum absolute atomic E-state index is 12.2. The molecule has 0 radical (unpaired) electrons. The molecule has 0 saturated carbocycles. The van der Waals surface area contributed by atoms with Crippen molar-refractivity contribution < 1.29 is 9.72 Å². The van der Waals surface area contributed by atoms with Gasteiger partial charge >= 0.3 is 0 Å². The van der Waals surface area contributed by atoms with Crippen LogP contribution in [0.3, 0.4) is 0 Å². The van der Waals surface area contributed by atoms with Crippen LogP contribution in [-0.4, -0.2) is 16.9 Å². The van der Waals surface area contributed by atoms with Gasteiger partial charge in [0.1, 0.15) is 0 Å². The summed E-state index contributed by atoms with van der Waals surface area (Å²) >= 11 is 0. The summed E-state index contributed by atoms with van der Waals surface area (Å²) in [6.07, 6.45) is 2.62. The molecule has 1 aromatic carbocycles. The van der Waals surface area contributed by atoms with Gasteiger partial charge in [0.25, 0.3) is 11.6 Å². The second-order valence-corrected chi connectivity index (χ2v) is 4.50. The molecular formula is C13H20N4O3. The summed E-state index contributed by atoms with van der Waals surface area (Å²) in [5, 5.41) is 13.6. The number of nitro benzene ring substituents is 1. The van der Waals surface area contributed by atoms with Crippen molar-refractivity contribution in [3.63, 3.8) is 0 Å². The smallest absolute Gasteiger partial charge is 0.270 e. The van der Waals surface area contributed by atoms with Gasteiger partial charge in [0.2, 0.25) is 0 Å². The summed E-state index contributed by atoms with van der Waals surface area (Å²) in [5.74, 6) is 4.98. The Morgan fingerprint density at radius 3 is 2.65 bits per heavy atom. The molecule has 7 nitrogen and oxygen atoms in total. The van der Waals surface area contributed by atoms with Gasteiger partial charge in [-0.15, -0.1) is 0 Å². The number of hydrazine groups is 1. The highest BCUT2D eigenvalue weighted by Gasteiger charge is 2.18. The number of nitrogens with zero attached hydrogens (tertiary/aromatic N) is 1. The van der Waals surface area contributed by atoms with Crippen LogP contribution in [0.1, 0.15) is 43.5 Å². The van der Waals surface area contributed by atoms with E-state index in [1.807, 2.05) is 13.8 Å². The maximum Gasteiger partial charge on any atom is 0.270 e. The number of hydrogen-bond donors (Lipinski definition) is 3. The van der Waals surface area contributed by atoms with E-state index >= 15 is 0 Å². The van der Waals surface area contributed by atoms with Gasteiger partial charge in [-0.3, -0.25) is 20.8 Å². The Labute approximate surface area is 117 Å². The molecule has 0 bridgehead atoms. The number of nitrogens with one attached hydrogen (secondary N) is 2. The molecule has 7 heteroatoms. The van der Waals surface area contributed by atoms with E-state index in [-0.39, 0.29) is 23.2 Å². The highest BCUT2D eigenvalue weighted by atomic mass is 16.6. The van der Waals surface area contributed by atoms with Crippen molar-refractivity contribution in [2.45, 2.75) is 39.2 Å². The summed E-state index contributed by atoms with van der Waals surface area (Å²) in [7, 11) is 0. The number of carbonyl (C=O) groups excluding carboxylic acids is 1. The van der Waals surface area contributed by atoms with Gasteiger partial charge < -0.3 is 10.7 Å². The fraction of sp³-hybridized carbons (Fsp3) is 0.462. The largest absolute Gasteiger partial charge is 0.349 e. The molecule has 0 heterocycles. The predicted octanol–water partition coefficient (Wildman–Crippen LogP) is 2.19. The number of rotatable bonds is 7. The Balaban J connectivity index is 3.00. The number of anilines is 1. The Bertz CT molecular complexity index is 491. The third kappa shape index (κ3) is 3.92. The summed E-state index contributed by atoms with van der Waals surface area (Å²) in [6.45, 7) is 4.02. The second kappa shape index (κ2) is 7.44. The molecular weight excluding hydrogens is 260 g/mol. The predicted molar refractivity (Wildman–Crippen MR) is 77.4 cm³/mol. The van der Waals surface area contributed by atoms with Crippen LogP contribution in [0.25, 0.3) is 0 Å². The van der Waals surface area contributed by atoms with E-state index in [0.29, 0.717) is 5.69 Å². The lowest BCUT2D eigenvalue weighted by molar-refractivity contribution is -0.384. The van der Waals surface area contributed by atoms with Crippen LogP contribution in [0.5, 0.6) is 0 Å². The van der Waals surface area contributed by atoms with Crippen LogP contribution in [0, 0.1) is 10.1 Å². The number of nitrogen functional groups attached to an aromatic ring is 1. The molecule has 0 aromatic heterocycles. The molecule has 0 saturated heterocycles. The van der Waals surface area contributed by atoms with E-state index in [1.165, 1.54) is 18.2 Å². The van der Waals surface area contributed by atoms with Gasteiger partial charge in [-0.25, -0.2) is 0 Å². The minimum Gasteiger partial charge on any atom is -0.349 e. The van der Waals surface area contributed by atoms with Crippen LogP contribution in [0.15, 0.2) is 18.2 Å². The van der Waals surface area contributed by atoms with Gasteiger partial charge in [0, 0.05) is 18.2 Å². The molecule has 1 amide bonds. The van der Waals surface area contributed by atoms with Crippen molar-refractivity contribution >= 4 is 17.3 Å². The molecule has 0 fully saturated rings. The van der Waals surface area contributed by atoms with Gasteiger partial charge in [-0.05, 0) is 18.9 Å². The SMILES string of the molecule is CCCC(CC)NC(=O)c1cc([N+](=O)[O-])ccc1NN. The maximum atomic E-state index is 12.2. The van der Waals surface area contributed by atoms with Crippen molar-refractivity contribution in [1.82, 2.24) is 5.32 Å². The second-order valence-electron chi connectivity index (χ2n) is 4.50. The molecule has 1 unspecified atom stereocenters. The Kier molecular flexibility index (Phi) is 5.92. The highest BCUT2D eigenvalue weighted by Crippen LogP contribution is 2.21. The Hall–Kier alpha value is -2.15. The van der Waals surface area contributed by atoms with Gasteiger partial charge in [0.05, 0.1) is 16.2 Å². The molecule has 0 aliphatic heterocycles. The highest BCUT2D eigenvalue weighted by molar-refractivity contribution is 6.00. The minimum atomic E-state index is -0.541. The summed E-state index contributed by atoms with van der Waals surface area (Å²) in [5.41, 5.74) is 2.78. The lowest BCUT2D eigenvalue weighted by Gasteiger charge is -2.17. The Morgan fingerprint density at radius 2 is 2.15 bits per heavy atom. The quantitative estimate of drug-likeness (QED) is 0.403. The molecule has 1 aromatic rings. The number of nitro groups is 1. The van der Waals surface area contributed by atoms with E-state index in [4.69, 9.17) is 5.84 Å². The normalized spacial score (nSPS) is 11.8. The van der Waals surface area contributed by atoms with E-state index < -0.39 is 4.92 Å². The van der Waals surface area contributed by atoms with E-state index in [1.54, 1.807) is 0 Å². The number of hydrogen-bond acceptors (Lipinski definition) is 5. The molecule has 1 rings (SSSR count). The van der Waals surface area contributed by atoms with Crippen molar-refractivity contribution in [2.24, 2.45) is 5.84 Å². The fourth-order valence-electron chi connectivity index (χ4n) is 1.95. The first-order chi connectivity index (χ1) is 9.53. The molecule has 0 spiro atoms. The number of carbonyl (C=O) groups is 1. The zero-order valence-electron chi connectivity index (χ0n) is 11.7. The minimum absolute atomic E-state index is 0.0531. The van der Waals surface area contributed by atoms with Gasteiger partial charge in [0.15, 0.2) is 0 Å². The monoisotopic (exact) mass is 280 g/mol. The van der Waals surface area contributed by atoms with Crippen LogP contribution in [0.2, 0.25) is 0 Å². The lowest BCUT2D eigenvalue weighted by atomic mass is 10.1. The van der Waals surface area contributed by atoms with E-state index in [9.17, 15) is 14.9 Å². The van der Waals surface area contributed by atoms with E-state index in [2.05, 4.69) is 10.7 Å². The van der Waals surface area contributed by atoms with Crippen LogP contribution < -0.4 is 16.6 Å². The zero-order valence-corrected chi connectivity index (χ0v) is 11.7. The first kappa shape index (κ1) is 15.9.